The van der Waals surface area contributed by atoms with E-state index in [1.165, 1.54) is 19.4 Å². The molecule has 1 saturated heterocycles. The van der Waals surface area contributed by atoms with Crippen LogP contribution in [0.25, 0.3) is 0 Å². The first kappa shape index (κ1) is 7.80. The minimum Gasteiger partial charge on any atom is -0.334 e. The lowest BCUT2D eigenvalue weighted by atomic mass is 10.2. The molecule has 1 aliphatic heterocycles. The van der Waals surface area contributed by atoms with Crippen LogP contribution in [0.2, 0.25) is 0 Å². The van der Waals surface area contributed by atoms with Gasteiger partial charge >= 0.3 is 0 Å². The summed E-state index contributed by atoms with van der Waals surface area (Å²) < 4.78 is 2.21. The van der Waals surface area contributed by atoms with Crippen LogP contribution in [0.4, 0.5) is 0 Å². The van der Waals surface area contributed by atoms with Gasteiger partial charge in [0.15, 0.2) is 0 Å². The molecule has 0 bridgehead atoms. The van der Waals surface area contributed by atoms with Crippen LogP contribution in [-0.2, 0) is 6.54 Å². The average molecular weight is 165 g/mol. The van der Waals surface area contributed by atoms with E-state index < -0.39 is 0 Å². The fourth-order valence-electron chi connectivity index (χ4n) is 1.75. The van der Waals surface area contributed by atoms with Crippen molar-refractivity contribution in [1.29, 1.82) is 0 Å². The van der Waals surface area contributed by atoms with E-state index in [4.69, 9.17) is 0 Å². The molecule has 1 aromatic rings. The zero-order chi connectivity index (χ0) is 8.39. The predicted molar refractivity (Wildman–Crippen MR) is 48.0 cm³/mol. The van der Waals surface area contributed by atoms with E-state index in [-0.39, 0.29) is 0 Å². The van der Waals surface area contributed by atoms with Gasteiger partial charge in [-0.3, -0.25) is 0 Å². The highest BCUT2D eigenvalue weighted by Gasteiger charge is 2.14. The summed E-state index contributed by atoms with van der Waals surface area (Å²) in [5, 5.41) is 3.47. The average Bonchev–Trinajstić information content (AvgIpc) is 2.65. The van der Waals surface area contributed by atoms with E-state index in [0.717, 1.165) is 12.4 Å². The number of nitrogens with one attached hydrogen (secondary N) is 1. The normalized spacial score (nSPS) is 23.2. The van der Waals surface area contributed by atoms with Crippen LogP contribution in [0.15, 0.2) is 12.4 Å². The number of hydrogen-bond donors (Lipinski definition) is 1. The lowest BCUT2D eigenvalue weighted by molar-refractivity contribution is 0.502. The number of nitrogens with zero attached hydrogens (tertiary/aromatic N) is 2. The van der Waals surface area contributed by atoms with E-state index in [2.05, 4.69) is 28.0 Å². The summed E-state index contributed by atoms with van der Waals surface area (Å²) >= 11 is 0. The summed E-state index contributed by atoms with van der Waals surface area (Å²) in [5.41, 5.74) is 0. The molecule has 2 rings (SSSR count). The van der Waals surface area contributed by atoms with Gasteiger partial charge in [0.2, 0.25) is 0 Å². The minimum absolute atomic E-state index is 0.665. The third-order valence-electron chi connectivity index (χ3n) is 2.50. The van der Waals surface area contributed by atoms with Gasteiger partial charge in [-0.05, 0) is 26.3 Å². The molecular weight excluding hydrogens is 150 g/mol. The Morgan fingerprint density at radius 1 is 1.75 bits per heavy atom. The molecule has 0 aromatic carbocycles. The summed E-state index contributed by atoms with van der Waals surface area (Å²) in [7, 11) is 0. The molecule has 3 heteroatoms. The minimum atomic E-state index is 0.665. The van der Waals surface area contributed by atoms with E-state index in [1.807, 2.05) is 6.20 Å². The van der Waals surface area contributed by atoms with Gasteiger partial charge in [0, 0.05) is 25.0 Å². The largest absolute Gasteiger partial charge is 0.334 e. The maximum atomic E-state index is 4.19. The molecule has 1 aliphatic rings. The molecular formula is C9H15N3. The van der Waals surface area contributed by atoms with Crippen molar-refractivity contribution in [3.8, 4) is 0 Å². The third-order valence-corrected chi connectivity index (χ3v) is 2.50. The topological polar surface area (TPSA) is 29.9 Å². The Labute approximate surface area is 72.8 Å². The molecule has 1 fully saturated rings. The van der Waals surface area contributed by atoms with Gasteiger partial charge in [0.1, 0.15) is 5.82 Å². The van der Waals surface area contributed by atoms with Crippen molar-refractivity contribution < 1.29 is 0 Å². The van der Waals surface area contributed by atoms with Crippen molar-refractivity contribution in [2.45, 2.75) is 32.4 Å². The van der Waals surface area contributed by atoms with Gasteiger partial charge in [0.05, 0.1) is 0 Å². The second kappa shape index (κ2) is 3.27. The monoisotopic (exact) mass is 165 g/mol. The fraction of sp³-hybridized carbons (Fsp3) is 0.667. The lowest BCUT2D eigenvalue weighted by Gasteiger charge is -2.11. The zero-order valence-corrected chi connectivity index (χ0v) is 7.45. The van der Waals surface area contributed by atoms with Crippen LogP contribution in [0.1, 0.15) is 18.7 Å². The van der Waals surface area contributed by atoms with Crippen LogP contribution in [0.5, 0.6) is 0 Å². The Hall–Kier alpha value is -0.830. The van der Waals surface area contributed by atoms with Gasteiger partial charge in [-0.15, -0.1) is 0 Å². The Morgan fingerprint density at radius 2 is 2.67 bits per heavy atom. The van der Waals surface area contributed by atoms with Gasteiger partial charge in [-0.1, -0.05) is 0 Å². The number of hydrogen-bond acceptors (Lipinski definition) is 2. The SMILES string of the molecule is Cc1nccn1CC1CCCN1. The Kier molecular flexibility index (Phi) is 2.13. The van der Waals surface area contributed by atoms with Crippen LogP contribution in [0, 0.1) is 6.92 Å². The molecule has 1 aromatic heterocycles. The van der Waals surface area contributed by atoms with E-state index in [0.29, 0.717) is 6.04 Å². The molecule has 0 amide bonds. The Morgan fingerprint density at radius 3 is 3.25 bits per heavy atom. The molecule has 12 heavy (non-hydrogen) atoms. The molecule has 66 valence electrons. The summed E-state index contributed by atoms with van der Waals surface area (Å²) in [6.07, 6.45) is 6.54. The molecule has 0 radical (unpaired) electrons. The van der Waals surface area contributed by atoms with Crippen LogP contribution in [-0.4, -0.2) is 22.1 Å². The van der Waals surface area contributed by atoms with Gasteiger partial charge in [0.25, 0.3) is 0 Å². The lowest BCUT2D eigenvalue weighted by Crippen LogP contribution is -2.26. The zero-order valence-electron chi connectivity index (χ0n) is 7.45. The van der Waals surface area contributed by atoms with Crippen molar-refractivity contribution in [2.24, 2.45) is 0 Å². The van der Waals surface area contributed by atoms with Crippen molar-refractivity contribution in [3.05, 3.63) is 18.2 Å². The third kappa shape index (κ3) is 1.50. The molecule has 2 heterocycles. The van der Waals surface area contributed by atoms with Crippen LogP contribution in [0.3, 0.4) is 0 Å². The molecule has 3 nitrogen and oxygen atoms in total. The van der Waals surface area contributed by atoms with E-state index in [9.17, 15) is 0 Å². The smallest absolute Gasteiger partial charge is 0.105 e. The van der Waals surface area contributed by atoms with Crippen LogP contribution < -0.4 is 5.32 Å². The fourth-order valence-corrected chi connectivity index (χ4v) is 1.75. The quantitative estimate of drug-likeness (QED) is 0.707. The Balaban J connectivity index is 1.98. The predicted octanol–water partition coefficient (Wildman–Crippen LogP) is 0.944. The summed E-state index contributed by atoms with van der Waals surface area (Å²) in [6, 6.07) is 0.665. The first-order valence-corrected chi connectivity index (χ1v) is 4.57. The molecule has 0 saturated carbocycles. The second-order valence-electron chi connectivity index (χ2n) is 3.42. The van der Waals surface area contributed by atoms with Gasteiger partial charge < -0.3 is 9.88 Å². The second-order valence-corrected chi connectivity index (χ2v) is 3.42. The molecule has 1 N–H and O–H groups in total. The van der Waals surface area contributed by atoms with Crippen molar-refractivity contribution in [2.75, 3.05) is 6.54 Å². The number of rotatable bonds is 2. The Bertz CT molecular complexity index is 248. The molecule has 1 unspecified atom stereocenters. The number of aryl methyl sites for hydroxylation is 1. The summed E-state index contributed by atoms with van der Waals surface area (Å²) in [6.45, 7) is 4.30. The van der Waals surface area contributed by atoms with Gasteiger partial charge in [-0.2, -0.15) is 0 Å². The molecule has 1 atom stereocenters. The van der Waals surface area contributed by atoms with Gasteiger partial charge in [-0.25, -0.2) is 4.98 Å². The first-order valence-electron chi connectivity index (χ1n) is 4.57. The number of aromatic nitrogens is 2. The molecule has 0 aliphatic carbocycles. The van der Waals surface area contributed by atoms with E-state index in [1.54, 1.807) is 0 Å². The number of imidazole rings is 1. The highest BCUT2D eigenvalue weighted by Crippen LogP contribution is 2.08. The van der Waals surface area contributed by atoms with E-state index >= 15 is 0 Å². The van der Waals surface area contributed by atoms with Crippen molar-refractivity contribution in [3.63, 3.8) is 0 Å². The maximum absolute atomic E-state index is 4.19. The molecule has 0 spiro atoms. The maximum Gasteiger partial charge on any atom is 0.105 e. The summed E-state index contributed by atoms with van der Waals surface area (Å²) in [4.78, 5) is 4.19. The van der Waals surface area contributed by atoms with Crippen LogP contribution >= 0.6 is 0 Å². The van der Waals surface area contributed by atoms with Crippen molar-refractivity contribution in [1.82, 2.24) is 14.9 Å². The summed E-state index contributed by atoms with van der Waals surface area (Å²) in [5.74, 6) is 1.11. The standard InChI is InChI=1S/C9H15N3/c1-8-10-5-6-12(8)7-9-3-2-4-11-9/h5-6,9,11H,2-4,7H2,1H3. The van der Waals surface area contributed by atoms with Crippen molar-refractivity contribution >= 4 is 0 Å². The first-order chi connectivity index (χ1) is 5.86. The highest BCUT2D eigenvalue weighted by molar-refractivity contribution is 4.90. The highest BCUT2D eigenvalue weighted by atomic mass is 15.1.